The van der Waals surface area contributed by atoms with Gasteiger partial charge in [0.05, 0.1) is 22.9 Å². The summed E-state index contributed by atoms with van der Waals surface area (Å²) in [4.78, 5) is 12.2. The minimum absolute atomic E-state index is 0.0820. The average molecular weight is 388 g/mol. The highest BCUT2D eigenvalue weighted by atomic mass is 32.2. The van der Waals surface area contributed by atoms with Crippen molar-refractivity contribution in [3.05, 3.63) is 84.1 Å². The van der Waals surface area contributed by atoms with Gasteiger partial charge in [0.2, 0.25) is 0 Å². The molecule has 0 bridgehead atoms. The molecule has 1 aromatic heterocycles. The first-order valence-electron chi connectivity index (χ1n) is 8.08. The van der Waals surface area contributed by atoms with Gasteiger partial charge in [-0.3, -0.25) is 9.52 Å². The minimum Gasteiger partial charge on any atom is -0.467 e. The van der Waals surface area contributed by atoms with E-state index in [1.807, 2.05) is 0 Å². The molecule has 1 atom stereocenters. The fourth-order valence-corrected chi connectivity index (χ4v) is 3.49. The van der Waals surface area contributed by atoms with Gasteiger partial charge in [-0.05, 0) is 55.5 Å². The zero-order valence-corrected chi connectivity index (χ0v) is 15.2. The van der Waals surface area contributed by atoms with Gasteiger partial charge >= 0.3 is 0 Å². The Labute approximate surface area is 156 Å². The summed E-state index contributed by atoms with van der Waals surface area (Å²) in [6.07, 6.45) is 1.51. The Bertz CT molecular complexity index is 1030. The molecular weight excluding hydrogens is 371 g/mol. The number of amides is 1. The highest BCUT2D eigenvalue weighted by molar-refractivity contribution is 7.92. The van der Waals surface area contributed by atoms with Gasteiger partial charge in [-0.15, -0.1) is 0 Å². The normalized spacial score (nSPS) is 12.4. The lowest BCUT2D eigenvalue weighted by Gasteiger charge is -2.12. The molecule has 6 nitrogen and oxygen atoms in total. The molecule has 140 valence electrons. The summed E-state index contributed by atoms with van der Waals surface area (Å²) in [5.41, 5.74) is 0.143. The predicted molar refractivity (Wildman–Crippen MR) is 98.2 cm³/mol. The van der Waals surface area contributed by atoms with E-state index in [0.717, 1.165) is 6.07 Å². The van der Waals surface area contributed by atoms with Crippen LogP contribution in [0.3, 0.4) is 0 Å². The van der Waals surface area contributed by atoms with Crippen LogP contribution >= 0.6 is 0 Å². The molecule has 2 N–H and O–H groups in total. The van der Waals surface area contributed by atoms with Crippen LogP contribution in [-0.2, 0) is 10.0 Å². The lowest BCUT2D eigenvalue weighted by Crippen LogP contribution is -2.26. The van der Waals surface area contributed by atoms with Crippen molar-refractivity contribution in [2.75, 3.05) is 4.72 Å². The van der Waals surface area contributed by atoms with Crippen molar-refractivity contribution in [3.63, 3.8) is 0 Å². The Kier molecular flexibility index (Phi) is 5.27. The van der Waals surface area contributed by atoms with Crippen LogP contribution in [0.1, 0.15) is 29.1 Å². The molecule has 0 aliphatic rings. The van der Waals surface area contributed by atoms with E-state index in [1.165, 1.54) is 48.7 Å². The maximum absolute atomic E-state index is 13.7. The molecule has 2 aromatic carbocycles. The summed E-state index contributed by atoms with van der Waals surface area (Å²) in [6, 6.07) is 14.0. The van der Waals surface area contributed by atoms with E-state index < -0.39 is 15.8 Å². The van der Waals surface area contributed by atoms with Crippen molar-refractivity contribution in [1.82, 2.24) is 5.32 Å². The zero-order chi connectivity index (χ0) is 19.4. The first-order chi connectivity index (χ1) is 12.9. The van der Waals surface area contributed by atoms with E-state index >= 15 is 0 Å². The number of hydrogen-bond acceptors (Lipinski definition) is 4. The van der Waals surface area contributed by atoms with Gasteiger partial charge < -0.3 is 9.73 Å². The summed E-state index contributed by atoms with van der Waals surface area (Å²) >= 11 is 0. The van der Waals surface area contributed by atoms with Crippen LogP contribution in [-0.4, -0.2) is 14.3 Å². The molecule has 0 saturated heterocycles. The van der Waals surface area contributed by atoms with E-state index in [0.29, 0.717) is 11.3 Å². The van der Waals surface area contributed by atoms with Crippen LogP contribution in [0.15, 0.2) is 76.2 Å². The summed E-state index contributed by atoms with van der Waals surface area (Å²) < 4.78 is 45.8. The fraction of sp³-hybridized carbons (Fsp3) is 0.105. The van der Waals surface area contributed by atoms with Gasteiger partial charge in [0, 0.05) is 5.56 Å². The summed E-state index contributed by atoms with van der Waals surface area (Å²) in [5, 5.41) is 2.76. The number of furan rings is 1. The highest BCUT2D eigenvalue weighted by Crippen LogP contribution is 2.19. The number of halogens is 1. The molecule has 0 spiro atoms. The number of hydrogen-bond donors (Lipinski definition) is 2. The molecule has 0 fully saturated rings. The Balaban J connectivity index is 1.72. The predicted octanol–water partition coefficient (Wildman–Crippen LogP) is 3.71. The lowest BCUT2D eigenvalue weighted by atomic mass is 10.2. The first-order valence-corrected chi connectivity index (χ1v) is 9.57. The number of rotatable bonds is 6. The monoisotopic (exact) mass is 388 g/mol. The molecule has 8 heteroatoms. The van der Waals surface area contributed by atoms with Crippen molar-refractivity contribution >= 4 is 21.6 Å². The van der Waals surface area contributed by atoms with Crippen LogP contribution in [0, 0.1) is 5.82 Å². The Morgan fingerprint density at radius 2 is 1.74 bits per heavy atom. The third-order valence-electron chi connectivity index (χ3n) is 3.86. The molecule has 0 unspecified atom stereocenters. The topological polar surface area (TPSA) is 88.4 Å². The fourth-order valence-electron chi connectivity index (χ4n) is 2.42. The third-order valence-corrected chi connectivity index (χ3v) is 5.24. The van der Waals surface area contributed by atoms with Crippen molar-refractivity contribution in [3.8, 4) is 0 Å². The molecule has 3 aromatic rings. The van der Waals surface area contributed by atoms with Crippen molar-refractivity contribution in [1.29, 1.82) is 0 Å². The van der Waals surface area contributed by atoms with E-state index in [2.05, 4.69) is 10.0 Å². The Morgan fingerprint density at radius 1 is 1.04 bits per heavy atom. The second-order valence-electron chi connectivity index (χ2n) is 5.82. The number of anilines is 1. The number of para-hydroxylation sites is 1. The molecule has 1 heterocycles. The van der Waals surface area contributed by atoms with Gasteiger partial charge in [0.1, 0.15) is 11.6 Å². The van der Waals surface area contributed by atoms with Gasteiger partial charge in [0.15, 0.2) is 0 Å². The number of sulfonamides is 1. The molecule has 0 radical (unpaired) electrons. The van der Waals surface area contributed by atoms with Crippen LogP contribution in [0.2, 0.25) is 0 Å². The second-order valence-corrected chi connectivity index (χ2v) is 7.50. The highest BCUT2D eigenvalue weighted by Gasteiger charge is 2.18. The van der Waals surface area contributed by atoms with Crippen LogP contribution in [0.4, 0.5) is 10.1 Å². The summed E-state index contributed by atoms with van der Waals surface area (Å²) in [5.74, 6) is -0.439. The van der Waals surface area contributed by atoms with E-state index in [9.17, 15) is 17.6 Å². The molecule has 0 aliphatic heterocycles. The molecule has 0 saturated carbocycles. The van der Waals surface area contributed by atoms with Gasteiger partial charge in [-0.25, -0.2) is 12.8 Å². The van der Waals surface area contributed by atoms with Crippen LogP contribution in [0.5, 0.6) is 0 Å². The van der Waals surface area contributed by atoms with Crippen molar-refractivity contribution < 1.29 is 22.0 Å². The molecule has 3 rings (SSSR count). The Hall–Kier alpha value is -3.13. The maximum atomic E-state index is 13.7. The first kappa shape index (κ1) is 18.7. The SMILES string of the molecule is C[C@H](NC(=O)c1ccc(S(=O)(=O)Nc2ccccc2F)cc1)c1ccco1. The van der Waals surface area contributed by atoms with E-state index in [4.69, 9.17) is 4.42 Å². The van der Waals surface area contributed by atoms with Crippen molar-refractivity contribution in [2.45, 2.75) is 17.9 Å². The van der Waals surface area contributed by atoms with Crippen LogP contribution in [0.25, 0.3) is 0 Å². The summed E-state index contributed by atoms with van der Waals surface area (Å²) in [6.45, 7) is 1.77. The number of carbonyl (C=O) groups is 1. The largest absolute Gasteiger partial charge is 0.467 e. The van der Waals surface area contributed by atoms with Gasteiger partial charge in [-0.1, -0.05) is 12.1 Å². The average Bonchev–Trinajstić information content (AvgIpc) is 3.18. The maximum Gasteiger partial charge on any atom is 0.261 e. The van der Waals surface area contributed by atoms with Crippen LogP contribution < -0.4 is 10.0 Å². The number of benzene rings is 2. The van der Waals surface area contributed by atoms with E-state index in [1.54, 1.807) is 19.1 Å². The Morgan fingerprint density at radius 3 is 2.37 bits per heavy atom. The summed E-state index contributed by atoms with van der Waals surface area (Å²) in [7, 11) is -3.97. The second kappa shape index (κ2) is 7.63. The number of nitrogens with one attached hydrogen (secondary N) is 2. The lowest BCUT2D eigenvalue weighted by molar-refractivity contribution is 0.0935. The third kappa shape index (κ3) is 4.35. The number of carbonyl (C=O) groups excluding carboxylic acids is 1. The molecular formula is C19H17FN2O4S. The minimum atomic E-state index is -3.97. The van der Waals surface area contributed by atoms with Gasteiger partial charge in [-0.2, -0.15) is 0 Å². The standard InChI is InChI=1S/C19H17FN2O4S/c1-13(18-7-4-12-26-18)21-19(23)14-8-10-15(11-9-14)27(24,25)22-17-6-3-2-5-16(17)20/h2-13,22H,1H3,(H,21,23)/t13-/m0/s1. The molecule has 27 heavy (non-hydrogen) atoms. The molecule has 1 amide bonds. The quantitative estimate of drug-likeness (QED) is 0.674. The molecule has 0 aliphatic carbocycles. The van der Waals surface area contributed by atoms with E-state index in [-0.39, 0.29) is 22.5 Å². The zero-order valence-electron chi connectivity index (χ0n) is 14.3. The smallest absolute Gasteiger partial charge is 0.261 e. The van der Waals surface area contributed by atoms with Gasteiger partial charge in [0.25, 0.3) is 15.9 Å². The van der Waals surface area contributed by atoms with Crippen molar-refractivity contribution in [2.24, 2.45) is 0 Å².